The molecule has 3 heteroatoms. The van der Waals surface area contributed by atoms with Crippen LogP contribution in [0.2, 0.25) is 0 Å². The molecule has 0 radical (unpaired) electrons. The van der Waals surface area contributed by atoms with Gasteiger partial charge in [0.25, 0.3) is 0 Å². The zero-order valence-electron chi connectivity index (χ0n) is 8.81. The summed E-state index contributed by atoms with van der Waals surface area (Å²) in [5.41, 5.74) is 7.03. The highest BCUT2D eigenvalue weighted by Gasteiger charge is 2.52. The Hall–Kier alpha value is -1.79. The first-order valence-corrected chi connectivity index (χ1v) is 5.16. The number of hydrogen-bond acceptors (Lipinski definition) is 2. The fourth-order valence-electron chi connectivity index (χ4n) is 2.07. The topological polar surface area (TPSA) is 63.3 Å². The Labute approximate surface area is 94.3 Å². The number of nitrogens with two attached hydrogens (primary N) is 1. The van der Waals surface area contributed by atoms with Gasteiger partial charge >= 0.3 is 5.97 Å². The van der Waals surface area contributed by atoms with E-state index in [1.165, 1.54) is 0 Å². The third-order valence-corrected chi connectivity index (χ3v) is 3.25. The number of terminal acetylenes is 1. The van der Waals surface area contributed by atoms with Crippen LogP contribution in [-0.2, 0) is 10.2 Å². The van der Waals surface area contributed by atoms with E-state index in [4.69, 9.17) is 17.3 Å². The summed E-state index contributed by atoms with van der Waals surface area (Å²) in [6.07, 6.45) is 6.95. The normalized spacial score (nSPS) is 18.5. The van der Waals surface area contributed by atoms with E-state index in [0.29, 0.717) is 0 Å². The molecule has 0 heterocycles. The monoisotopic (exact) mass is 215 g/mol. The van der Waals surface area contributed by atoms with E-state index in [-0.39, 0.29) is 0 Å². The van der Waals surface area contributed by atoms with Crippen molar-refractivity contribution in [1.29, 1.82) is 0 Å². The van der Waals surface area contributed by atoms with Gasteiger partial charge in [-0.05, 0) is 30.5 Å². The predicted octanol–water partition coefficient (Wildman–Crippen LogP) is 1.11. The number of carboxylic acids is 1. The molecular formula is C13H13NO2. The van der Waals surface area contributed by atoms with Gasteiger partial charge < -0.3 is 10.8 Å². The number of benzene rings is 1. The molecule has 1 aliphatic carbocycles. The Morgan fingerprint density at radius 3 is 2.75 bits per heavy atom. The van der Waals surface area contributed by atoms with Gasteiger partial charge in [0.15, 0.2) is 0 Å². The van der Waals surface area contributed by atoms with Crippen molar-refractivity contribution in [3.8, 4) is 12.3 Å². The molecule has 1 unspecified atom stereocenters. The molecule has 1 atom stereocenters. The van der Waals surface area contributed by atoms with Gasteiger partial charge in [-0.25, -0.2) is 0 Å². The molecule has 0 bridgehead atoms. The molecule has 3 N–H and O–H groups in total. The van der Waals surface area contributed by atoms with Crippen LogP contribution in [0.15, 0.2) is 24.3 Å². The van der Waals surface area contributed by atoms with Crippen molar-refractivity contribution in [2.75, 3.05) is 0 Å². The van der Waals surface area contributed by atoms with E-state index in [1.54, 1.807) is 0 Å². The van der Waals surface area contributed by atoms with Gasteiger partial charge in [0, 0.05) is 11.0 Å². The zero-order chi connectivity index (χ0) is 11.8. The Morgan fingerprint density at radius 2 is 2.25 bits per heavy atom. The highest BCUT2D eigenvalue weighted by molar-refractivity contribution is 5.77. The van der Waals surface area contributed by atoms with E-state index >= 15 is 0 Å². The molecule has 0 spiro atoms. The van der Waals surface area contributed by atoms with Crippen LogP contribution in [0.4, 0.5) is 0 Å². The molecule has 0 amide bonds. The number of carboxylic acid groups (broad SMARTS) is 1. The van der Waals surface area contributed by atoms with Gasteiger partial charge in [0.1, 0.15) is 6.04 Å². The maximum atomic E-state index is 10.9. The van der Waals surface area contributed by atoms with E-state index in [0.717, 1.165) is 24.0 Å². The molecule has 16 heavy (non-hydrogen) atoms. The fourth-order valence-corrected chi connectivity index (χ4v) is 2.07. The average Bonchev–Trinajstić information content (AvgIpc) is 3.09. The molecule has 0 saturated heterocycles. The standard InChI is InChI=1S/C13H13NO2/c1-2-9-4-3-5-10(8-9)13(6-7-13)11(14)12(15)16/h1,3-5,8,11H,6-7,14H2,(H,15,16). The average molecular weight is 215 g/mol. The summed E-state index contributed by atoms with van der Waals surface area (Å²) in [5, 5.41) is 8.98. The Balaban J connectivity index is 2.37. The Morgan fingerprint density at radius 1 is 1.56 bits per heavy atom. The smallest absolute Gasteiger partial charge is 0.321 e. The summed E-state index contributed by atoms with van der Waals surface area (Å²) in [6.45, 7) is 0. The quantitative estimate of drug-likeness (QED) is 0.742. The summed E-state index contributed by atoms with van der Waals surface area (Å²) in [4.78, 5) is 10.9. The second kappa shape index (κ2) is 3.66. The lowest BCUT2D eigenvalue weighted by Gasteiger charge is -2.20. The molecule has 1 aliphatic rings. The molecule has 3 nitrogen and oxygen atoms in total. The SMILES string of the molecule is C#Cc1cccc(C2(C(N)C(=O)O)CC2)c1. The first-order valence-electron chi connectivity index (χ1n) is 5.16. The van der Waals surface area contributed by atoms with Crippen LogP contribution in [0.1, 0.15) is 24.0 Å². The maximum absolute atomic E-state index is 10.9. The van der Waals surface area contributed by atoms with Crippen molar-refractivity contribution >= 4 is 5.97 Å². The molecule has 1 aromatic rings. The molecule has 0 aliphatic heterocycles. The van der Waals surface area contributed by atoms with E-state index in [9.17, 15) is 4.79 Å². The third-order valence-electron chi connectivity index (χ3n) is 3.25. The predicted molar refractivity (Wildman–Crippen MR) is 60.9 cm³/mol. The number of carbonyl (C=O) groups is 1. The van der Waals surface area contributed by atoms with Gasteiger partial charge in [0.2, 0.25) is 0 Å². The number of rotatable bonds is 3. The first-order chi connectivity index (χ1) is 7.60. The number of hydrogen-bond donors (Lipinski definition) is 2. The van der Waals surface area contributed by atoms with Crippen LogP contribution in [-0.4, -0.2) is 17.1 Å². The highest BCUT2D eigenvalue weighted by atomic mass is 16.4. The van der Waals surface area contributed by atoms with Crippen LogP contribution < -0.4 is 5.73 Å². The lowest BCUT2D eigenvalue weighted by molar-refractivity contribution is -0.139. The van der Waals surface area contributed by atoms with Crippen molar-refractivity contribution in [2.45, 2.75) is 24.3 Å². The summed E-state index contributed by atoms with van der Waals surface area (Å²) >= 11 is 0. The summed E-state index contributed by atoms with van der Waals surface area (Å²) in [7, 11) is 0. The van der Waals surface area contributed by atoms with Gasteiger partial charge in [-0.3, -0.25) is 4.79 Å². The van der Waals surface area contributed by atoms with Gasteiger partial charge in [-0.15, -0.1) is 6.42 Å². The van der Waals surface area contributed by atoms with Crippen LogP contribution in [0.5, 0.6) is 0 Å². The minimum Gasteiger partial charge on any atom is -0.480 e. The van der Waals surface area contributed by atoms with Crippen LogP contribution >= 0.6 is 0 Å². The largest absolute Gasteiger partial charge is 0.480 e. The molecule has 0 aromatic heterocycles. The van der Waals surface area contributed by atoms with Gasteiger partial charge in [0.05, 0.1) is 0 Å². The molecule has 2 rings (SSSR count). The molecule has 1 fully saturated rings. The van der Waals surface area contributed by atoms with Crippen molar-refractivity contribution in [3.05, 3.63) is 35.4 Å². The van der Waals surface area contributed by atoms with Gasteiger partial charge in [-0.2, -0.15) is 0 Å². The van der Waals surface area contributed by atoms with Crippen LogP contribution in [0.25, 0.3) is 0 Å². The Bertz CT molecular complexity index is 469. The van der Waals surface area contributed by atoms with E-state index in [2.05, 4.69) is 5.92 Å². The van der Waals surface area contributed by atoms with Gasteiger partial charge in [-0.1, -0.05) is 18.1 Å². The lowest BCUT2D eigenvalue weighted by atomic mass is 9.87. The van der Waals surface area contributed by atoms with Crippen molar-refractivity contribution < 1.29 is 9.90 Å². The minimum atomic E-state index is -0.955. The van der Waals surface area contributed by atoms with Crippen molar-refractivity contribution in [2.24, 2.45) is 5.73 Å². The zero-order valence-corrected chi connectivity index (χ0v) is 8.81. The fraction of sp³-hybridized carbons (Fsp3) is 0.308. The first kappa shape index (κ1) is 10.7. The van der Waals surface area contributed by atoms with Crippen LogP contribution in [0, 0.1) is 12.3 Å². The van der Waals surface area contributed by atoms with Crippen molar-refractivity contribution in [1.82, 2.24) is 0 Å². The second-order valence-electron chi connectivity index (χ2n) is 4.20. The van der Waals surface area contributed by atoms with Crippen molar-refractivity contribution in [3.63, 3.8) is 0 Å². The lowest BCUT2D eigenvalue weighted by Crippen LogP contribution is -2.41. The summed E-state index contributed by atoms with van der Waals surface area (Å²) in [6, 6.07) is 6.58. The summed E-state index contributed by atoms with van der Waals surface area (Å²) in [5.74, 6) is 1.59. The van der Waals surface area contributed by atoms with Crippen LogP contribution in [0.3, 0.4) is 0 Å². The highest BCUT2D eigenvalue weighted by Crippen LogP contribution is 2.50. The molecule has 1 aromatic carbocycles. The third kappa shape index (κ3) is 1.58. The Kier molecular flexibility index (Phi) is 2.45. The second-order valence-corrected chi connectivity index (χ2v) is 4.20. The minimum absolute atomic E-state index is 0.404. The maximum Gasteiger partial charge on any atom is 0.321 e. The molecule has 82 valence electrons. The van der Waals surface area contributed by atoms with E-state index in [1.807, 2.05) is 24.3 Å². The number of aliphatic carboxylic acids is 1. The van der Waals surface area contributed by atoms with E-state index < -0.39 is 17.4 Å². The summed E-state index contributed by atoms with van der Waals surface area (Å²) < 4.78 is 0. The molecular weight excluding hydrogens is 202 g/mol. The molecule has 1 saturated carbocycles.